The van der Waals surface area contributed by atoms with Crippen molar-refractivity contribution < 1.29 is 9.53 Å². The summed E-state index contributed by atoms with van der Waals surface area (Å²) < 4.78 is 5.25. The van der Waals surface area contributed by atoms with Gasteiger partial charge >= 0.3 is 6.09 Å². The van der Waals surface area contributed by atoms with Crippen molar-refractivity contribution >= 4 is 6.09 Å². The fourth-order valence-electron chi connectivity index (χ4n) is 6.77. The van der Waals surface area contributed by atoms with Crippen molar-refractivity contribution in [2.75, 3.05) is 26.7 Å². The number of amides is 1. The summed E-state index contributed by atoms with van der Waals surface area (Å²) in [6.45, 7) is 3.76. The average Bonchev–Trinajstić information content (AvgIpc) is 3.13. The maximum atomic E-state index is 12.7. The highest BCUT2D eigenvalue weighted by molar-refractivity contribution is 5.68. The van der Waals surface area contributed by atoms with Crippen LogP contribution in [-0.4, -0.2) is 54.7 Å². The number of benzene rings is 1. The second-order valence-corrected chi connectivity index (χ2v) is 11.0. The predicted molar refractivity (Wildman–Crippen MR) is 135 cm³/mol. The summed E-state index contributed by atoms with van der Waals surface area (Å²) in [5, 5.41) is 0. The Morgan fingerprint density at radius 3 is 2.33 bits per heavy atom. The van der Waals surface area contributed by atoms with Gasteiger partial charge in [0.25, 0.3) is 0 Å². The van der Waals surface area contributed by atoms with E-state index >= 15 is 0 Å². The molecule has 0 spiro atoms. The summed E-state index contributed by atoms with van der Waals surface area (Å²) >= 11 is 0. The third-order valence-electron chi connectivity index (χ3n) is 8.65. The second-order valence-electron chi connectivity index (χ2n) is 11.0. The van der Waals surface area contributed by atoms with Crippen molar-refractivity contribution in [3.8, 4) is 0 Å². The monoisotopic (exact) mass is 454 g/mol. The maximum Gasteiger partial charge on any atom is 0.409 e. The fourth-order valence-corrected chi connectivity index (χ4v) is 6.77. The van der Waals surface area contributed by atoms with Crippen LogP contribution in [0, 0.1) is 11.8 Å². The van der Waals surface area contributed by atoms with Gasteiger partial charge in [0.1, 0.15) is 0 Å². The van der Waals surface area contributed by atoms with Crippen molar-refractivity contribution in [2.24, 2.45) is 11.8 Å². The molecule has 1 saturated heterocycles. The number of carbonyl (C=O) groups is 1. The zero-order valence-corrected chi connectivity index (χ0v) is 20.9. The molecule has 1 aliphatic heterocycles. The standard InChI is InChI=1S/C29H46N2O2/c1-33-29(32)31(27-14-7-2-3-8-15-27)28-17-16-26(22-28)23-30-20-18-25(19-21-30)13-9-12-24-10-5-4-6-11-24/h4-6,10-11,25-28H,2-3,7-9,12-23H2,1H3. The van der Waals surface area contributed by atoms with E-state index < -0.39 is 0 Å². The van der Waals surface area contributed by atoms with E-state index in [4.69, 9.17) is 4.74 Å². The molecule has 0 radical (unpaired) electrons. The molecule has 2 aliphatic carbocycles. The largest absolute Gasteiger partial charge is 0.453 e. The van der Waals surface area contributed by atoms with Crippen molar-refractivity contribution in [3.63, 3.8) is 0 Å². The Balaban J connectivity index is 1.18. The molecule has 33 heavy (non-hydrogen) atoms. The van der Waals surface area contributed by atoms with E-state index in [9.17, 15) is 4.79 Å². The molecule has 1 amide bonds. The lowest BCUT2D eigenvalue weighted by Crippen LogP contribution is -2.46. The SMILES string of the molecule is COC(=O)N(C1CCCCCC1)C1CCC(CN2CCC(CCCc3ccccc3)CC2)C1. The van der Waals surface area contributed by atoms with Crippen LogP contribution in [0.1, 0.15) is 89.0 Å². The number of rotatable bonds is 8. The Labute approximate surface area is 202 Å². The van der Waals surface area contributed by atoms with Gasteiger partial charge in [0.2, 0.25) is 0 Å². The number of aryl methyl sites for hydroxylation is 1. The number of ether oxygens (including phenoxy) is 1. The first-order valence-corrected chi connectivity index (χ1v) is 13.9. The van der Waals surface area contributed by atoms with Crippen LogP contribution in [0.4, 0.5) is 4.79 Å². The van der Waals surface area contributed by atoms with E-state index in [1.165, 1.54) is 95.8 Å². The number of likely N-dealkylation sites (tertiary alicyclic amines) is 1. The molecule has 1 aromatic rings. The van der Waals surface area contributed by atoms with E-state index in [1.54, 1.807) is 7.11 Å². The highest BCUT2D eigenvalue weighted by Gasteiger charge is 2.37. The zero-order valence-electron chi connectivity index (χ0n) is 20.9. The predicted octanol–water partition coefficient (Wildman–Crippen LogP) is 6.68. The third kappa shape index (κ3) is 7.21. The van der Waals surface area contributed by atoms with Gasteiger partial charge in [-0.15, -0.1) is 0 Å². The van der Waals surface area contributed by atoms with Crippen molar-refractivity contribution in [1.82, 2.24) is 9.80 Å². The van der Waals surface area contributed by atoms with Gasteiger partial charge in [-0.2, -0.15) is 0 Å². The molecule has 4 rings (SSSR count). The van der Waals surface area contributed by atoms with E-state index in [-0.39, 0.29) is 6.09 Å². The number of methoxy groups -OCH3 is 1. The summed E-state index contributed by atoms with van der Waals surface area (Å²) in [6, 6.07) is 11.7. The van der Waals surface area contributed by atoms with Gasteiger partial charge in [-0.05, 0) is 88.3 Å². The Bertz CT molecular complexity index is 693. The van der Waals surface area contributed by atoms with Gasteiger partial charge in [0.05, 0.1) is 7.11 Å². The van der Waals surface area contributed by atoms with Crippen LogP contribution >= 0.6 is 0 Å². The molecule has 3 aliphatic rings. The van der Waals surface area contributed by atoms with Gasteiger partial charge in [-0.1, -0.05) is 62.4 Å². The Hall–Kier alpha value is -1.55. The number of hydrogen-bond acceptors (Lipinski definition) is 3. The summed E-state index contributed by atoms with van der Waals surface area (Å²) in [5.74, 6) is 1.65. The van der Waals surface area contributed by atoms with E-state index in [1.807, 2.05) is 0 Å². The molecule has 1 aromatic carbocycles. The van der Waals surface area contributed by atoms with Gasteiger partial charge in [0.15, 0.2) is 0 Å². The Kier molecular flexibility index (Phi) is 9.52. The topological polar surface area (TPSA) is 32.8 Å². The van der Waals surface area contributed by atoms with Gasteiger partial charge in [-0.3, -0.25) is 0 Å². The molecule has 0 bridgehead atoms. The maximum absolute atomic E-state index is 12.7. The molecule has 184 valence electrons. The summed E-state index contributed by atoms with van der Waals surface area (Å²) in [5.41, 5.74) is 1.48. The van der Waals surface area contributed by atoms with Crippen molar-refractivity contribution in [1.29, 1.82) is 0 Å². The lowest BCUT2D eigenvalue weighted by Gasteiger charge is -2.36. The molecule has 2 atom stereocenters. The van der Waals surface area contributed by atoms with E-state index in [0.717, 1.165) is 31.1 Å². The molecule has 4 nitrogen and oxygen atoms in total. The average molecular weight is 455 g/mol. The van der Waals surface area contributed by atoms with Crippen LogP contribution in [0.15, 0.2) is 30.3 Å². The van der Waals surface area contributed by atoms with Gasteiger partial charge in [0, 0.05) is 18.6 Å². The molecule has 3 fully saturated rings. The Morgan fingerprint density at radius 2 is 1.64 bits per heavy atom. The Morgan fingerprint density at radius 1 is 0.909 bits per heavy atom. The van der Waals surface area contributed by atoms with Crippen LogP contribution < -0.4 is 0 Å². The van der Waals surface area contributed by atoms with Crippen molar-refractivity contribution in [2.45, 2.75) is 102 Å². The molecule has 0 aromatic heterocycles. The van der Waals surface area contributed by atoms with Crippen LogP contribution in [0.3, 0.4) is 0 Å². The van der Waals surface area contributed by atoms with E-state index in [2.05, 4.69) is 40.1 Å². The van der Waals surface area contributed by atoms with Crippen LogP contribution in [-0.2, 0) is 11.2 Å². The first-order chi connectivity index (χ1) is 16.2. The minimum atomic E-state index is -0.0798. The quantitative estimate of drug-likeness (QED) is 0.411. The summed E-state index contributed by atoms with van der Waals surface area (Å²) in [4.78, 5) is 17.6. The zero-order chi connectivity index (χ0) is 22.9. The number of piperidine rings is 1. The molecular formula is C29H46N2O2. The van der Waals surface area contributed by atoms with Gasteiger partial charge < -0.3 is 14.5 Å². The lowest BCUT2D eigenvalue weighted by atomic mass is 9.90. The van der Waals surface area contributed by atoms with Gasteiger partial charge in [-0.25, -0.2) is 4.79 Å². The fraction of sp³-hybridized carbons (Fsp3) is 0.759. The van der Waals surface area contributed by atoms with Crippen LogP contribution in [0.25, 0.3) is 0 Å². The lowest BCUT2D eigenvalue weighted by molar-refractivity contribution is 0.0752. The molecular weight excluding hydrogens is 408 g/mol. The first kappa shape index (κ1) is 24.6. The first-order valence-electron chi connectivity index (χ1n) is 13.9. The normalized spacial score (nSPS) is 25.6. The second kappa shape index (κ2) is 12.8. The third-order valence-corrected chi connectivity index (χ3v) is 8.65. The molecule has 0 N–H and O–H groups in total. The number of carbonyl (C=O) groups excluding carboxylic acids is 1. The molecule has 1 heterocycles. The van der Waals surface area contributed by atoms with Crippen molar-refractivity contribution in [3.05, 3.63) is 35.9 Å². The summed E-state index contributed by atoms with van der Waals surface area (Å²) in [6.07, 6.45) is 17.6. The minimum absolute atomic E-state index is 0.0798. The smallest absolute Gasteiger partial charge is 0.409 e. The number of nitrogens with zero attached hydrogens (tertiary/aromatic N) is 2. The minimum Gasteiger partial charge on any atom is -0.453 e. The van der Waals surface area contributed by atoms with E-state index in [0.29, 0.717) is 12.1 Å². The van der Waals surface area contributed by atoms with Crippen LogP contribution in [0.2, 0.25) is 0 Å². The number of hydrogen-bond donors (Lipinski definition) is 0. The molecule has 4 heteroatoms. The molecule has 2 saturated carbocycles. The molecule has 2 unspecified atom stereocenters. The van der Waals surface area contributed by atoms with Crippen LogP contribution in [0.5, 0.6) is 0 Å². The highest BCUT2D eigenvalue weighted by Crippen LogP contribution is 2.35. The highest BCUT2D eigenvalue weighted by atomic mass is 16.5. The summed E-state index contributed by atoms with van der Waals surface area (Å²) in [7, 11) is 1.56.